The Labute approximate surface area is 134 Å². The number of carbonyl (C=O) groups excluding carboxylic acids is 2. The number of aromatic nitrogens is 1. The van der Waals surface area contributed by atoms with Gasteiger partial charge in [-0.1, -0.05) is 13.8 Å². The van der Waals surface area contributed by atoms with Gasteiger partial charge in [0.05, 0.1) is 18.2 Å². The van der Waals surface area contributed by atoms with E-state index >= 15 is 0 Å². The first-order chi connectivity index (χ1) is 10.7. The van der Waals surface area contributed by atoms with Gasteiger partial charge in [0.15, 0.2) is 0 Å². The number of carbonyl (C=O) groups is 2. The topological polar surface area (TPSA) is 95.2 Å². The number of pyridine rings is 1. The van der Waals surface area contributed by atoms with Crippen LogP contribution in [0.4, 0.5) is 0 Å². The second kappa shape index (κ2) is 6.24. The van der Waals surface area contributed by atoms with Crippen LogP contribution >= 0.6 is 0 Å². The Kier molecular flexibility index (Phi) is 4.55. The van der Waals surface area contributed by atoms with Crippen LogP contribution in [0.1, 0.15) is 30.6 Å². The number of likely N-dealkylation sites (tertiary alicyclic amines) is 1. The maximum absolute atomic E-state index is 12.3. The molecule has 2 heterocycles. The second-order valence-electron chi connectivity index (χ2n) is 6.58. The smallest absolute Gasteiger partial charge is 0.253 e. The molecule has 1 saturated heterocycles. The van der Waals surface area contributed by atoms with Gasteiger partial charge < -0.3 is 14.8 Å². The third kappa shape index (κ3) is 3.77. The fraction of sp³-hybridized carbons (Fsp3) is 0.500. The highest BCUT2D eigenvalue weighted by Gasteiger charge is 2.39. The fourth-order valence-electron chi connectivity index (χ4n) is 2.73. The van der Waals surface area contributed by atoms with Gasteiger partial charge in [-0.25, -0.2) is 0 Å². The quantitative estimate of drug-likeness (QED) is 0.865. The van der Waals surface area contributed by atoms with Crippen molar-refractivity contribution in [1.82, 2.24) is 14.8 Å². The molecule has 122 valence electrons. The van der Waals surface area contributed by atoms with Crippen LogP contribution in [0.3, 0.4) is 0 Å². The number of nitrogens with zero attached hydrogens (tertiary/aromatic N) is 3. The van der Waals surface area contributed by atoms with Crippen LogP contribution < -0.4 is 10.9 Å². The largest absolute Gasteiger partial charge is 0.343 e. The van der Waals surface area contributed by atoms with E-state index in [1.54, 1.807) is 7.05 Å². The minimum Gasteiger partial charge on any atom is -0.343 e. The van der Waals surface area contributed by atoms with E-state index in [-0.39, 0.29) is 23.4 Å². The summed E-state index contributed by atoms with van der Waals surface area (Å²) in [5.41, 5.74) is -0.00936. The molecule has 1 aromatic heterocycles. The standard InChI is InChI=1S/C16H20N4O3/c1-16(2)6-12(7-17)20(10-16)14(22)8-18-15(23)11-4-5-13(21)19(3)9-11/h4-5,9,12H,6,8,10H2,1-3H3,(H,18,23). The van der Waals surface area contributed by atoms with Crippen molar-refractivity contribution in [2.75, 3.05) is 13.1 Å². The summed E-state index contributed by atoms with van der Waals surface area (Å²) < 4.78 is 1.30. The highest BCUT2D eigenvalue weighted by Crippen LogP contribution is 2.33. The van der Waals surface area contributed by atoms with Crippen molar-refractivity contribution < 1.29 is 9.59 Å². The molecule has 1 aliphatic rings. The van der Waals surface area contributed by atoms with Crippen molar-refractivity contribution in [3.63, 3.8) is 0 Å². The van der Waals surface area contributed by atoms with Crippen LogP contribution in [0.15, 0.2) is 23.1 Å². The summed E-state index contributed by atoms with van der Waals surface area (Å²) in [6, 6.07) is 4.40. The molecule has 1 unspecified atom stereocenters. The molecule has 23 heavy (non-hydrogen) atoms. The van der Waals surface area contributed by atoms with E-state index in [2.05, 4.69) is 11.4 Å². The van der Waals surface area contributed by atoms with Gasteiger partial charge in [0.25, 0.3) is 5.91 Å². The normalized spacial score (nSPS) is 19.2. The van der Waals surface area contributed by atoms with E-state index in [9.17, 15) is 14.4 Å². The molecule has 0 bridgehead atoms. The molecule has 0 radical (unpaired) electrons. The predicted molar refractivity (Wildman–Crippen MR) is 83.5 cm³/mol. The van der Waals surface area contributed by atoms with E-state index in [1.165, 1.54) is 27.8 Å². The lowest BCUT2D eigenvalue weighted by Crippen LogP contribution is -2.42. The molecule has 1 aliphatic heterocycles. The van der Waals surface area contributed by atoms with Crippen molar-refractivity contribution >= 4 is 11.8 Å². The Hall–Kier alpha value is -2.62. The molecule has 1 N–H and O–H groups in total. The van der Waals surface area contributed by atoms with Crippen molar-refractivity contribution in [3.05, 3.63) is 34.2 Å². The molecule has 2 rings (SSSR count). The number of rotatable bonds is 3. The molecule has 2 amide bonds. The van der Waals surface area contributed by atoms with Gasteiger partial charge >= 0.3 is 0 Å². The van der Waals surface area contributed by atoms with Gasteiger partial charge in [-0.2, -0.15) is 5.26 Å². The predicted octanol–water partition coefficient (Wildman–Crippen LogP) is 0.266. The van der Waals surface area contributed by atoms with E-state index in [4.69, 9.17) is 5.26 Å². The molecule has 1 aromatic rings. The lowest BCUT2D eigenvalue weighted by atomic mass is 9.91. The number of hydrogen-bond acceptors (Lipinski definition) is 4. The summed E-state index contributed by atoms with van der Waals surface area (Å²) in [4.78, 5) is 37.1. The average Bonchev–Trinajstić information content (AvgIpc) is 2.82. The van der Waals surface area contributed by atoms with Gasteiger partial charge in [0.2, 0.25) is 11.5 Å². The summed E-state index contributed by atoms with van der Waals surface area (Å²) in [5, 5.41) is 11.7. The van der Waals surface area contributed by atoms with E-state index in [0.29, 0.717) is 18.5 Å². The van der Waals surface area contributed by atoms with E-state index < -0.39 is 11.9 Å². The number of nitrogens with one attached hydrogen (secondary N) is 1. The number of amides is 2. The summed E-state index contributed by atoms with van der Waals surface area (Å²) in [6.07, 6.45) is 2.04. The Balaban J connectivity index is 1.99. The highest BCUT2D eigenvalue weighted by molar-refractivity contribution is 5.96. The second-order valence-corrected chi connectivity index (χ2v) is 6.58. The number of aryl methyl sites for hydroxylation is 1. The maximum Gasteiger partial charge on any atom is 0.253 e. The maximum atomic E-state index is 12.3. The van der Waals surface area contributed by atoms with Crippen LogP contribution in [0.5, 0.6) is 0 Å². The first-order valence-electron chi connectivity index (χ1n) is 7.37. The van der Waals surface area contributed by atoms with Crippen LogP contribution in [0.25, 0.3) is 0 Å². The summed E-state index contributed by atoms with van der Waals surface area (Å²) >= 11 is 0. The van der Waals surface area contributed by atoms with Gasteiger partial charge in [-0.3, -0.25) is 14.4 Å². The Morgan fingerprint density at radius 1 is 1.43 bits per heavy atom. The zero-order valence-electron chi connectivity index (χ0n) is 13.5. The van der Waals surface area contributed by atoms with Crippen LogP contribution in [-0.4, -0.2) is 40.4 Å². The van der Waals surface area contributed by atoms with Crippen LogP contribution in [0.2, 0.25) is 0 Å². The van der Waals surface area contributed by atoms with E-state index in [1.807, 2.05) is 13.8 Å². The molecule has 0 spiro atoms. The zero-order valence-corrected chi connectivity index (χ0v) is 13.5. The third-order valence-electron chi connectivity index (χ3n) is 3.94. The number of hydrogen-bond donors (Lipinski definition) is 1. The molecule has 0 aromatic carbocycles. The summed E-state index contributed by atoms with van der Waals surface area (Å²) in [5.74, 6) is -0.707. The Morgan fingerprint density at radius 3 is 2.74 bits per heavy atom. The van der Waals surface area contributed by atoms with Gasteiger partial charge in [-0.05, 0) is 17.9 Å². The Morgan fingerprint density at radius 2 is 2.13 bits per heavy atom. The van der Waals surface area contributed by atoms with Crippen LogP contribution in [-0.2, 0) is 11.8 Å². The Bertz CT molecular complexity index is 730. The SMILES string of the molecule is Cn1cc(C(=O)NCC(=O)N2CC(C)(C)CC2C#N)ccc1=O. The van der Waals surface area contributed by atoms with Crippen LogP contribution in [0, 0.1) is 16.7 Å². The molecular weight excluding hydrogens is 296 g/mol. The molecule has 7 heteroatoms. The lowest BCUT2D eigenvalue weighted by molar-refractivity contribution is -0.130. The molecule has 0 saturated carbocycles. The first-order valence-corrected chi connectivity index (χ1v) is 7.37. The molecular formula is C16H20N4O3. The van der Waals surface area contributed by atoms with Gasteiger partial charge in [0.1, 0.15) is 6.04 Å². The third-order valence-corrected chi connectivity index (χ3v) is 3.94. The summed E-state index contributed by atoms with van der Waals surface area (Å²) in [7, 11) is 1.55. The monoisotopic (exact) mass is 316 g/mol. The van der Waals surface area contributed by atoms with E-state index in [0.717, 1.165) is 0 Å². The highest BCUT2D eigenvalue weighted by atomic mass is 16.2. The number of nitriles is 1. The van der Waals surface area contributed by atoms with Crippen molar-refractivity contribution in [3.8, 4) is 6.07 Å². The minimum absolute atomic E-state index is 0.0994. The lowest BCUT2D eigenvalue weighted by Gasteiger charge is -2.21. The molecule has 7 nitrogen and oxygen atoms in total. The van der Waals surface area contributed by atoms with Gasteiger partial charge in [0, 0.05) is 25.9 Å². The van der Waals surface area contributed by atoms with Crippen molar-refractivity contribution in [1.29, 1.82) is 5.26 Å². The molecule has 1 fully saturated rings. The minimum atomic E-state index is -0.452. The van der Waals surface area contributed by atoms with Crippen molar-refractivity contribution in [2.45, 2.75) is 26.3 Å². The average molecular weight is 316 g/mol. The zero-order chi connectivity index (χ0) is 17.2. The molecule has 1 atom stereocenters. The van der Waals surface area contributed by atoms with Gasteiger partial charge in [-0.15, -0.1) is 0 Å². The fourth-order valence-corrected chi connectivity index (χ4v) is 2.73. The first kappa shape index (κ1) is 16.7. The van der Waals surface area contributed by atoms with Crippen molar-refractivity contribution in [2.24, 2.45) is 12.5 Å². The molecule has 0 aliphatic carbocycles. The summed E-state index contributed by atoms with van der Waals surface area (Å²) in [6.45, 7) is 4.34.